The van der Waals surface area contributed by atoms with Crippen molar-refractivity contribution in [2.45, 2.75) is 38.9 Å². The van der Waals surface area contributed by atoms with Crippen LogP contribution in [-0.2, 0) is 4.74 Å². The van der Waals surface area contributed by atoms with Crippen LogP contribution in [0.4, 0.5) is 23.1 Å². The van der Waals surface area contributed by atoms with Crippen molar-refractivity contribution >= 4 is 34.7 Å². The van der Waals surface area contributed by atoms with Crippen LogP contribution in [0.2, 0.25) is 5.02 Å². The maximum absolute atomic E-state index is 6.30. The van der Waals surface area contributed by atoms with Crippen LogP contribution >= 0.6 is 11.6 Å². The van der Waals surface area contributed by atoms with E-state index in [0.29, 0.717) is 23.3 Å². The summed E-state index contributed by atoms with van der Waals surface area (Å²) in [6.07, 6.45) is 4.05. The molecule has 4 rings (SSSR count). The van der Waals surface area contributed by atoms with E-state index >= 15 is 0 Å². The Labute approximate surface area is 195 Å². The van der Waals surface area contributed by atoms with Crippen molar-refractivity contribution in [3.8, 4) is 5.75 Å². The molecule has 9 heteroatoms. The molecule has 2 fully saturated rings. The monoisotopic (exact) mass is 460 g/mol. The topological polar surface area (TPSA) is 74.8 Å². The van der Waals surface area contributed by atoms with Crippen LogP contribution in [0.5, 0.6) is 5.75 Å². The zero-order chi connectivity index (χ0) is 22.5. The van der Waals surface area contributed by atoms with Gasteiger partial charge in [0, 0.05) is 51.1 Å². The number of piperazine rings is 1. The third-order valence-corrected chi connectivity index (χ3v) is 5.96. The molecule has 1 aromatic carbocycles. The fourth-order valence-corrected chi connectivity index (χ4v) is 4.10. The lowest BCUT2D eigenvalue weighted by molar-refractivity contribution is 0.120. The van der Waals surface area contributed by atoms with Gasteiger partial charge in [-0.25, -0.2) is 4.98 Å². The molecule has 0 radical (unpaired) electrons. The van der Waals surface area contributed by atoms with E-state index < -0.39 is 0 Å². The summed E-state index contributed by atoms with van der Waals surface area (Å²) in [5.41, 5.74) is 1.99. The fraction of sp³-hybridized carbons (Fsp3) is 0.565. The van der Waals surface area contributed by atoms with E-state index in [1.54, 1.807) is 6.20 Å². The van der Waals surface area contributed by atoms with E-state index in [9.17, 15) is 0 Å². The minimum Gasteiger partial charge on any atom is -0.489 e. The summed E-state index contributed by atoms with van der Waals surface area (Å²) in [5, 5.41) is 7.07. The van der Waals surface area contributed by atoms with Crippen molar-refractivity contribution in [3.63, 3.8) is 0 Å². The highest BCUT2D eigenvalue weighted by Gasteiger charge is 2.19. The number of likely N-dealkylation sites (N-methyl/N-ethyl adjacent to an activating group) is 1. The molecule has 1 atom stereocenters. The van der Waals surface area contributed by atoms with Crippen molar-refractivity contribution in [2.24, 2.45) is 0 Å². The highest BCUT2D eigenvalue weighted by Crippen LogP contribution is 2.34. The highest BCUT2D eigenvalue weighted by molar-refractivity contribution is 6.32. The molecule has 32 heavy (non-hydrogen) atoms. The lowest BCUT2D eigenvalue weighted by Gasteiger charge is -2.35. The molecular weight excluding hydrogens is 428 g/mol. The Bertz CT molecular complexity index is 898. The molecule has 1 aromatic heterocycles. The van der Waals surface area contributed by atoms with Gasteiger partial charge in [-0.1, -0.05) is 11.6 Å². The number of halogens is 1. The molecule has 2 N–H and O–H groups in total. The summed E-state index contributed by atoms with van der Waals surface area (Å²) in [4.78, 5) is 13.6. The smallest absolute Gasteiger partial charge is 0.229 e. The predicted molar refractivity (Wildman–Crippen MR) is 130 cm³/mol. The Morgan fingerprint density at radius 1 is 1.25 bits per heavy atom. The number of benzene rings is 1. The van der Waals surface area contributed by atoms with Gasteiger partial charge >= 0.3 is 0 Å². The van der Waals surface area contributed by atoms with Crippen molar-refractivity contribution in [1.82, 2.24) is 14.9 Å². The van der Waals surface area contributed by atoms with Crippen LogP contribution < -0.4 is 20.3 Å². The second kappa shape index (κ2) is 10.6. The van der Waals surface area contributed by atoms with Gasteiger partial charge in [0.05, 0.1) is 24.1 Å². The van der Waals surface area contributed by atoms with Gasteiger partial charge in [0.2, 0.25) is 5.95 Å². The largest absolute Gasteiger partial charge is 0.489 e. The third-order valence-electron chi connectivity index (χ3n) is 5.69. The van der Waals surface area contributed by atoms with E-state index in [1.165, 1.54) is 0 Å². The molecule has 2 aliphatic rings. The van der Waals surface area contributed by atoms with Crippen molar-refractivity contribution in [3.05, 3.63) is 29.4 Å². The summed E-state index contributed by atoms with van der Waals surface area (Å²) >= 11 is 6.30. The number of anilines is 4. The highest BCUT2D eigenvalue weighted by atomic mass is 35.5. The first kappa shape index (κ1) is 22.9. The Balaban J connectivity index is 1.48. The first-order chi connectivity index (χ1) is 15.5. The number of rotatable bonds is 8. The number of nitrogens with zero attached hydrogens (tertiary/aromatic N) is 4. The second-order valence-corrected chi connectivity index (χ2v) is 9.08. The molecule has 0 aliphatic carbocycles. The van der Waals surface area contributed by atoms with E-state index in [-0.39, 0.29) is 12.2 Å². The SMILES string of the molecule is CC(C)Oc1cc(Nc2ncc(Cl)c(NCC3CCCO3)n2)ccc1N1CCN(C)CC1. The average molecular weight is 461 g/mol. The first-order valence-corrected chi connectivity index (χ1v) is 11.7. The molecule has 1 unspecified atom stereocenters. The molecule has 3 heterocycles. The summed E-state index contributed by atoms with van der Waals surface area (Å²) in [6.45, 7) is 9.65. The van der Waals surface area contributed by atoms with Gasteiger partial charge in [0.1, 0.15) is 10.8 Å². The summed E-state index contributed by atoms with van der Waals surface area (Å²) in [7, 11) is 2.16. The lowest BCUT2D eigenvalue weighted by Crippen LogP contribution is -2.44. The fourth-order valence-electron chi connectivity index (χ4n) is 3.95. The zero-order valence-electron chi connectivity index (χ0n) is 19.1. The van der Waals surface area contributed by atoms with Crippen molar-refractivity contribution in [2.75, 3.05) is 61.9 Å². The molecule has 0 spiro atoms. The number of hydrogen-bond donors (Lipinski definition) is 2. The Hall–Kier alpha value is -2.29. The van der Waals surface area contributed by atoms with Crippen LogP contribution in [0.1, 0.15) is 26.7 Å². The Morgan fingerprint density at radius 3 is 2.78 bits per heavy atom. The average Bonchev–Trinajstić information content (AvgIpc) is 3.28. The number of hydrogen-bond acceptors (Lipinski definition) is 8. The number of aromatic nitrogens is 2. The predicted octanol–water partition coefficient (Wildman–Crippen LogP) is 4.00. The van der Waals surface area contributed by atoms with Gasteiger partial charge < -0.3 is 29.9 Å². The van der Waals surface area contributed by atoms with Crippen LogP contribution in [-0.4, -0.2) is 73.5 Å². The standard InChI is InChI=1S/C23H33ClN6O2/c1-16(2)32-21-13-17(6-7-20(21)30-10-8-29(3)9-11-30)27-23-26-15-19(24)22(28-23)25-14-18-5-4-12-31-18/h6-7,13,15-16,18H,4-5,8-12,14H2,1-3H3,(H2,25,26,27,28). The molecule has 0 saturated carbocycles. The van der Waals surface area contributed by atoms with E-state index in [4.69, 9.17) is 21.1 Å². The maximum Gasteiger partial charge on any atom is 0.229 e. The van der Waals surface area contributed by atoms with Gasteiger partial charge in [0.25, 0.3) is 0 Å². The van der Waals surface area contributed by atoms with Gasteiger partial charge in [-0.3, -0.25) is 0 Å². The van der Waals surface area contributed by atoms with E-state index in [2.05, 4.69) is 43.5 Å². The minimum absolute atomic E-state index is 0.0804. The Morgan fingerprint density at radius 2 is 2.06 bits per heavy atom. The van der Waals surface area contributed by atoms with Crippen molar-refractivity contribution in [1.29, 1.82) is 0 Å². The van der Waals surface area contributed by atoms with Gasteiger partial charge in [-0.2, -0.15) is 4.98 Å². The quantitative estimate of drug-likeness (QED) is 0.612. The molecular formula is C23H33ClN6O2. The van der Waals surface area contributed by atoms with Crippen LogP contribution in [0, 0.1) is 0 Å². The van der Waals surface area contributed by atoms with Crippen LogP contribution in [0.15, 0.2) is 24.4 Å². The summed E-state index contributed by atoms with van der Waals surface area (Å²) in [5.74, 6) is 1.94. The Kier molecular flexibility index (Phi) is 7.55. The zero-order valence-corrected chi connectivity index (χ0v) is 19.9. The molecule has 2 aromatic rings. The number of ether oxygens (including phenoxy) is 2. The molecule has 0 amide bonds. The van der Waals surface area contributed by atoms with E-state index in [0.717, 1.165) is 62.8 Å². The maximum atomic E-state index is 6.30. The van der Waals surface area contributed by atoms with Gasteiger partial charge in [-0.05, 0) is 45.9 Å². The molecule has 2 saturated heterocycles. The lowest BCUT2D eigenvalue weighted by atomic mass is 10.2. The van der Waals surface area contributed by atoms with Crippen molar-refractivity contribution < 1.29 is 9.47 Å². The van der Waals surface area contributed by atoms with E-state index in [1.807, 2.05) is 26.0 Å². The third kappa shape index (κ3) is 5.94. The summed E-state index contributed by atoms with van der Waals surface area (Å²) < 4.78 is 11.8. The van der Waals surface area contributed by atoms with Crippen LogP contribution in [0.25, 0.3) is 0 Å². The molecule has 0 bridgehead atoms. The number of nitrogens with one attached hydrogen (secondary N) is 2. The molecule has 174 valence electrons. The van der Waals surface area contributed by atoms with Gasteiger partial charge in [-0.15, -0.1) is 0 Å². The van der Waals surface area contributed by atoms with Gasteiger partial charge in [0.15, 0.2) is 5.82 Å². The molecule has 8 nitrogen and oxygen atoms in total. The first-order valence-electron chi connectivity index (χ1n) is 11.4. The second-order valence-electron chi connectivity index (χ2n) is 8.67. The summed E-state index contributed by atoms with van der Waals surface area (Å²) in [6, 6.07) is 6.17. The van der Waals surface area contributed by atoms with Crippen LogP contribution in [0.3, 0.4) is 0 Å². The normalized spacial score (nSPS) is 19.4. The molecule has 2 aliphatic heterocycles. The minimum atomic E-state index is 0.0804.